The third-order valence-electron chi connectivity index (χ3n) is 5.49. The molecule has 0 saturated heterocycles. The summed E-state index contributed by atoms with van der Waals surface area (Å²) >= 11 is 0. The van der Waals surface area contributed by atoms with E-state index in [1.54, 1.807) is 62.4 Å². The van der Waals surface area contributed by atoms with Crippen LogP contribution >= 0.6 is 0 Å². The number of nitrogens with one attached hydrogen (secondary N) is 1. The van der Waals surface area contributed by atoms with Crippen molar-refractivity contribution < 1.29 is 37.2 Å². The number of rotatable bonds is 12. The Kier molecular flexibility index (Phi) is 10.8. The topological polar surface area (TPSA) is 103 Å². The van der Waals surface area contributed by atoms with Crippen molar-refractivity contribution >= 4 is 23.0 Å². The molecule has 0 spiro atoms. The van der Waals surface area contributed by atoms with Gasteiger partial charge in [-0.1, -0.05) is 39.7 Å². The number of oxime groups is 3. The Morgan fingerprint density at radius 2 is 1.49 bits per heavy atom. The van der Waals surface area contributed by atoms with Crippen molar-refractivity contribution in [3.05, 3.63) is 95.1 Å². The number of likely N-dealkylation sites (N-methyl/N-ethyl adjacent to an activating group) is 1. The number of carbonyl (C=O) groups excluding carboxylic acids is 1. The maximum Gasteiger partial charge on any atom is 0.416 e. The first kappa shape index (κ1) is 30.7. The van der Waals surface area contributed by atoms with Crippen molar-refractivity contribution in [1.82, 2.24) is 5.32 Å². The first-order valence-electron chi connectivity index (χ1n) is 12.4. The maximum atomic E-state index is 12.8. The van der Waals surface area contributed by atoms with Crippen LogP contribution in [0.25, 0.3) is 0 Å². The molecule has 3 aromatic rings. The lowest BCUT2D eigenvalue weighted by atomic mass is 10.0. The van der Waals surface area contributed by atoms with Crippen LogP contribution in [-0.2, 0) is 32.1 Å². The molecule has 0 saturated carbocycles. The molecule has 0 aliphatic heterocycles. The number of nitrogens with zero attached hydrogens (tertiary/aromatic N) is 3. The van der Waals surface area contributed by atoms with E-state index in [2.05, 4.69) is 20.8 Å². The lowest BCUT2D eigenvalue weighted by Gasteiger charge is -2.11. The second kappa shape index (κ2) is 14.5. The van der Waals surface area contributed by atoms with E-state index in [9.17, 15) is 18.0 Å². The Balaban J connectivity index is 1.75. The molecule has 9 nitrogen and oxygen atoms in total. The number of carbonyl (C=O) groups is 1. The maximum absolute atomic E-state index is 12.8. The Morgan fingerprint density at radius 1 is 0.854 bits per heavy atom. The molecule has 0 fully saturated rings. The Morgan fingerprint density at radius 3 is 2.07 bits per heavy atom. The monoisotopic (exact) mass is 570 g/mol. The zero-order valence-electron chi connectivity index (χ0n) is 22.9. The molecular weight excluding hydrogens is 541 g/mol. The summed E-state index contributed by atoms with van der Waals surface area (Å²) < 4.78 is 44.1. The smallest absolute Gasteiger partial charge is 0.416 e. The number of amides is 1. The quantitative estimate of drug-likeness (QED) is 0.215. The summed E-state index contributed by atoms with van der Waals surface area (Å²) in [4.78, 5) is 28.0. The number of ether oxygens (including phenoxy) is 1. The van der Waals surface area contributed by atoms with E-state index < -0.39 is 17.6 Å². The van der Waals surface area contributed by atoms with Crippen molar-refractivity contribution in [3.8, 4) is 11.5 Å². The standard InChI is InChI=1S/C29H29F3N4O5/c1-5-39-36-26(20-10-14-23(15-11-20)41-24-16-12-22(13-17-24)29(30,31)32)19(2)34-40-18-21-8-6-7-9-25(21)27(35-38-4)28(37)33-3/h6-17H,5,18H2,1-4H3,(H,33,37). The average Bonchev–Trinajstić information content (AvgIpc) is 2.96. The molecule has 0 heterocycles. The van der Waals surface area contributed by atoms with Crippen LogP contribution in [0.4, 0.5) is 13.2 Å². The first-order valence-corrected chi connectivity index (χ1v) is 12.4. The highest BCUT2D eigenvalue weighted by atomic mass is 19.4. The van der Waals surface area contributed by atoms with Crippen LogP contribution in [0.2, 0.25) is 0 Å². The van der Waals surface area contributed by atoms with Gasteiger partial charge in [0.05, 0.1) is 5.56 Å². The van der Waals surface area contributed by atoms with Crippen LogP contribution in [0.5, 0.6) is 11.5 Å². The SMILES string of the molecule is CCON=C(C(C)=NOCc1ccccc1C(=NOC)C(=O)NC)c1ccc(Oc2ccc(C(F)(F)F)cc2)cc1. The van der Waals surface area contributed by atoms with Gasteiger partial charge in [-0.2, -0.15) is 13.2 Å². The third kappa shape index (κ3) is 8.56. The first-order chi connectivity index (χ1) is 19.7. The van der Waals surface area contributed by atoms with Crippen LogP contribution in [0.15, 0.2) is 88.3 Å². The molecule has 3 aromatic carbocycles. The molecular formula is C29H29F3N4O5. The second-order valence-corrected chi connectivity index (χ2v) is 8.32. The molecule has 0 bridgehead atoms. The third-order valence-corrected chi connectivity index (χ3v) is 5.49. The minimum Gasteiger partial charge on any atom is -0.457 e. The van der Waals surface area contributed by atoms with Crippen molar-refractivity contribution in [2.24, 2.45) is 15.5 Å². The van der Waals surface area contributed by atoms with E-state index in [0.717, 1.165) is 12.1 Å². The van der Waals surface area contributed by atoms with E-state index in [0.29, 0.717) is 40.5 Å². The molecule has 0 radical (unpaired) electrons. The molecule has 3 rings (SSSR count). The fraction of sp³-hybridized carbons (Fsp3) is 0.241. The largest absolute Gasteiger partial charge is 0.457 e. The molecule has 41 heavy (non-hydrogen) atoms. The van der Waals surface area contributed by atoms with Gasteiger partial charge in [0.2, 0.25) is 0 Å². The number of alkyl halides is 3. The molecule has 1 amide bonds. The summed E-state index contributed by atoms with van der Waals surface area (Å²) in [7, 11) is 2.84. The summed E-state index contributed by atoms with van der Waals surface area (Å²) in [5, 5.41) is 14.7. The van der Waals surface area contributed by atoms with Crippen molar-refractivity contribution in [3.63, 3.8) is 0 Å². The summed E-state index contributed by atoms with van der Waals surface area (Å²) in [6.07, 6.45) is -4.42. The van der Waals surface area contributed by atoms with Gasteiger partial charge < -0.3 is 24.6 Å². The summed E-state index contributed by atoms with van der Waals surface area (Å²) in [6.45, 7) is 3.82. The summed E-state index contributed by atoms with van der Waals surface area (Å²) in [5.74, 6) is 0.253. The van der Waals surface area contributed by atoms with Gasteiger partial charge in [-0.25, -0.2) is 0 Å². The van der Waals surface area contributed by atoms with Gasteiger partial charge in [0.1, 0.15) is 43.2 Å². The lowest BCUT2D eigenvalue weighted by molar-refractivity contribution is -0.137. The molecule has 0 aliphatic rings. The van der Waals surface area contributed by atoms with Crippen LogP contribution in [0.1, 0.15) is 36.1 Å². The highest BCUT2D eigenvalue weighted by Gasteiger charge is 2.30. The highest BCUT2D eigenvalue weighted by Crippen LogP contribution is 2.31. The Bertz CT molecular complexity index is 1400. The summed E-state index contributed by atoms with van der Waals surface area (Å²) in [5.41, 5.74) is 1.94. The minimum atomic E-state index is -4.42. The molecule has 12 heteroatoms. The summed E-state index contributed by atoms with van der Waals surface area (Å²) in [6, 6.07) is 18.2. The highest BCUT2D eigenvalue weighted by molar-refractivity contribution is 6.47. The normalized spacial score (nSPS) is 12.5. The fourth-order valence-electron chi connectivity index (χ4n) is 3.53. The van der Waals surface area contributed by atoms with Crippen LogP contribution in [0.3, 0.4) is 0 Å². The number of hydrogen-bond acceptors (Lipinski definition) is 8. The molecule has 0 unspecified atom stereocenters. The Hall–Kier alpha value is -4.87. The van der Waals surface area contributed by atoms with Crippen LogP contribution in [0, 0.1) is 0 Å². The van der Waals surface area contributed by atoms with Gasteiger partial charge in [0.25, 0.3) is 5.91 Å². The van der Waals surface area contributed by atoms with E-state index in [4.69, 9.17) is 19.2 Å². The molecule has 0 atom stereocenters. The number of halogens is 3. The van der Waals surface area contributed by atoms with Gasteiger partial charge in [-0.05, 0) is 62.4 Å². The molecule has 216 valence electrons. The number of benzene rings is 3. The minimum absolute atomic E-state index is 0.0229. The van der Waals surface area contributed by atoms with Crippen LogP contribution < -0.4 is 10.1 Å². The zero-order valence-corrected chi connectivity index (χ0v) is 22.9. The van der Waals surface area contributed by atoms with E-state index in [1.807, 2.05) is 0 Å². The zero-order chi connectivity index (χ0) is 29.8. The van der Waals surface area contributed by atoms with Gasteiger partial charge in [-0.3, -0.25) is 4.79 Å². The van der Waals surface area contributed by atoms with Gasteiger partial charge in [0, 0.05) is 23.7 Å². The lowest BCUT2D eigenvalue weighted by Crippen LogP contribution is -2.29. The van der Waals surface area contributed by atoms with Crippen molar-refractivity contribution in [2.75, 3.05) is 20.8 Å². The fourth-order valence-corrected chi connectivity index (χ4v) is 3.53. The Labute approximate surface area is 235 Å². The number of hydrogen-bond donors (Lipinski definition) is 1. The van der Waals surface area contributed by atoms with E-state index >= 15 is 0 Å². The van der Waals surface area contributed by atoms with Gasteiger partial charge >= 0.3 is 6.18 Å². The average molecular weight is 571 g/mol. The molecule has 1 N–H and O–H groups in total. The van der Waals surface area contributed by atoms with Crippen molar-refractivity contribution in [2.45, 2.75) is 26.6 Å². The second-order valence-electron chi connectivity index (χ2n) is 8.32. The van der Waals surface area contributed by atoms with Crippen LogP contribution in [-0.4, -0.2) is 43.8 Å². The van der Waals surface area contributed by atoms with E-state index in [1.165, 1.54) is 26.3 Å². The van der Waals surface area contributed by atoms with Gasteiger partial charge in [0.15, 0.2) is 5.71 Å². The predicted octanol–water partition coefficient (Wildman–Crippen LogP) is 5.93. The van der Waals surface area contributed by atoms with E-state index in [-0.39, 0.29) is 18.1 Å². The van der Waals surface area contributed by atoms with Gasteiger partial charge in [-0.15, -0.1) is 0 Å². The predicted molar refractivity (Wildman–Crippen MR) is 148 cm³/mol. The molecule has 0 aromatic heterocycles. The van der Waals surface area contributed by atoms with Crippen molar-refractivity contribution in [1.29, 1.82) is 0 Å². The molecule has 0 aliphatic carbocycles.